The van der Waals surface area contributed by atoms with Crippen molar-refractivity contribution in [2.24, 2.45) is 0 Å². The summed E-state index contributed by atoms with van der Waals surface area (Å²) in [5.74, 6) is 1.91. The molecule has 2 atom stereocenters. The highest BCUT2D eigenvalue weighted by Crippen LogP contribution is 2.48. The van der Waals surface area contributed by atoms with Crippen LogP contribution < -0.4 is 10.6 Å². The molecule has 3 aromatic rings. The third-order valence-corrected chi connectivity index (χ3v) is 6.78. The smallest absolute Gasteiger partial charge is 0.257 e. The molecule has 1 heterocycles. The number of amides is 1. The quantitative estimate of drug-likeness (QED) is 0.586. The summed E-state index contributed by atoms with van der Waals surface area (Å²) >= 11 is 0. The molecule has 2 aromatic carbocycles. The Balaban J connectivity index is 1.09. The molecule has 0 spiro atoms. The van der Waals surface area contributed by atoms with Crippen LogP contribution in [0, 0.1) is 0 Å². The lowest BCUT2D eigenvalue weighted by atomic mass is 10.1. The molecule has 3 aliphatic rings. The molecule has 6 heteroatoms. The van der Waals surface area contributed by atoms with Gasteiger partial charge in [-0.3, -0.25) is 4.79 Å². The van der Waals surface area contributed by atoms with Gasteiger partial charge in [0.15, 0.2) is 5.82 Å². The lowest BCUT2D eigenvalue weighted by molar-refractivity contribution is 0.0951. The second-order valence-corrected chi connectivity index (χ2v) is 9.27. The minimum atomic E-state index is -0.0165. The van der Waals surface area contributed by atoms with Crippen LogP contribution >= 0.6 is 0 Å². The fourth-order valence-electron chi connectivity index (χ4n) is 4.26. The Morgan fingerprint density at radius 2 is 1.84 bits per heavy atom. The van der Waals surface area contributed by atoms with Crippen LogP contribution in [0.2, 0.25) is 0 Å². The first-order chi connectivity index (χ1) is 15.2. The summed E-state index contributed by atoms with van der Waals surface area (Å²) in [4.78, 5) is 16.9. The predicted octanol–water partition coefficient (Wildman–Crippen LogP) is 3.81. The van der Waals surface area contributed by atoms with Crippen molar-refractivity contribution in [2.75, 3.05) is 6.54 Å². The van der Waals surface area contributed by atoms with Crippen molar-refractivity contribution >= 4 is 5.91 Å². The van der Waals surface area contributed by atoms with Gasteiger partial charge in [0.1, 0.15) is 0 Å². The first-order valence-electron chi connectivity index (χ1n) is 11.2. The Kier molecular flexibility index (Phi) is 4.42. The lowest BCUT2D eigenvalue weighted by Crippen LogP contribution is -2.30. The molecule has 0 radical (unpaired) electrons. The van der Waals surface area contributed by atoms with E-state index in [4.69, 9.17) is 9.51 Å². The van der Waals surface area contributed by atoms with E-state index < -0.39 is 0 Å². The molecule has 0 bridgehead atoms. The molecule has 6 rings (SSSR count). The van der Waals surface area contributed by atoms with Crippen molar-refractivity contribution < 1.29 is 9.32 Å². The number of aromatic nitrogens is 2. The fourth-order valence-corrected chi connectivity index (χ4v) is 4.26. The van der Waals surface area contributed by atoms with E-state index >= 15 is 0 Å². The molecule has 158 valence electrons. The van der Waals surface area contributed by atoms with Crippen LogP contribution in [0.1, 0.15) is 59.8 Å². The fraction of sp³-hybridized carbons (Fsp3) is 0.400. The van der Waals surface area contributed by atoms with Gasteiger partial charge in [-0.25, -0.2) is 0 Å². The van der Waals surface area contributed by atoms with E-state index in [1.807, 2.05) is 24.3 Å². The van der Waals surface area contributed by atoms with Crippen LogP contribution in [0.5, 0.6) is 0 Å². The second-order valence-electron chi connectivity index (χ2n) is 9.27. The molecule has 1 amide bonds. The second kappa shape index (κ2) is 7.31. The van der Waals surface area contributed by atoms with Crippen LogP contribution in [-0.4, -0.2) is 34.7 Å². The van der Waals surface area contributed by atoms with Gasteiger partial charge in [0, 0.05) is 41.1 Å². The maximum atomic E-state index is 12.2. The van der Waals surface area contributed by atoms with E-state index in [9.17, 15) is 4.79 Å². The Labute approximate surface area is 181 Å². The number of carbonyl (C=O) groups is 1. The summed E-state index contributed by atoms with van der Waals surface area (Å²) < 4.78 is 5.58. The molecule has 3 saturated carbocycles. The summed E-state index contributed by atoms with van der Waals surface area (Å²) in [6.07, 6.45) is 5.53. The van der Waals surface area contributed by atoms with Crippen molar-refractivity contribution in [2.45, 2.75) is 55.5 Å². The van der Waals surface area contributed by atoms with E-state index in [1.165, 1.54) is 12.0 Å². The van der Waals surface area contributed by atoms with Crippen LogP contribution in [-0.2, 0) is 5.41 Å². The first-order valence-corrected chi connectivity index (χ1v) is 11.2. The van der Waals surface area contributed by atoms with Gasteiger partial charge in [0.2, 0.25) is 0 Å². The molecular weight excluding hydrogens is 388 g/mol. The average Bonchev–Trinajstić information content (AvgIpc) is 3.72. The molecule has 0 saturated heterocycles. The van der Waals surface area contributed by atoms with Gasteiger partial charge < -0.3 is 15.2 Å². The number of hydrogen-bond acceptors (Lipinski definition) is 5. The van der Waals surface area contributed by atoms with Gasteiger partial charge in [-0.15, -0.1) is 0 Å². The standard InChI is InChI=1S/C25H26N4O2/c30-22(27-19-10-11-19)17-6-8-18(9-7-17)23-28-24(29-31-23)25(12-13-25)15-26-21-14-20(21)16-4-2-1-3-5-16/h1-9,19-21,26H,10-15H2,(H,27,30)/t20-,21+/m1/s1. The Bertz CT molecular complexity index is 1080. The zero-order valence-electron chi connectivity index (χ0n) is 17.4. The normalized spacial score (nSPS) is 23.4. The minimum Gasteiger partial charge on any atom is -0.349 e. The number of rotatable bonds is 8. The zero-order chi connectivity index (χ0) is 20.8. The van der Waals surface area contributed by atoms with Gasteiger partial charge in [-0.2, -0.15) is 4.98 Å². The van der Waals surface area contributed by atoms with Gasteiger partial charge in [0.05, 0.1) is 0 Å². The molecule has 2 N–H and O–H groups in total. The monoisotopic (exact) mass is 414 g/mol. The molecule has 0 unspecified atom stereocenters. The highest BCUT2D eigenvalue weighted by molar-refractivity contribution is 5.94. The number of carbonyl (C=O) groups excluding carboxylic acids is 1. The maximum Gasteiger partial charge on any atom is 0.257 e. The molecule has 1 aromatic heterocycles. The van der Waals surface area contributed by atoms with Crippen LogP contribution in [0.15, 0.2) is 59.1 Å². The van der Waals surface area contributed by atoms with Gasteiger partial charge in [-0.1, -0.05) is 35.5 Å². The summed E-state index contributed by atoms with van der Waals surface area (Å²) in [5, 5.41) is 11.0. The van der Waals surface area contributed by atoms with E-state index in [0.29, 0.717) is 29.5 Å². The SMILES string of the molecule is O=C(NC1CC1)c1ccc(-c2nc(C3(CN[C@H]4C[C@@H]4c4ccccc4)CC3)no2)cc1. The number of nitrogens with zero attached hydrogens (tertiary/aromatic N) is 2. The van der Waals surface area contributed by atoms with Gasteiger partial charge >= 0.3 is 0 Å². The lowest BCUT2D eigenvalue weighted by Gasteiger charge is -2.12. The van der Waals surface area contributed by atoms with E-state index in [2.05, 4.69) is 46.1 Å². The summed E-state index contributed by atoms with van der Waals surface area (Å²) in [7, 11) is 0. The molecule has 0 aliphatic heterocycles. The highest BCUT2D eigenvalue weighted by Gasteiger charge is 2.50. The third-order valence-electron chi connectivity index (χ3n) is 6.78. The third kappa shape index (κ3) is 3.88. The minimum absolute atomic E-state index is 0.00430. The van der Waals surface area contributed by atoms with Crippen LogP contribution in [0.25, 0.3) is 11.5 Å². The van der Waals surface area contributed by atoms with E-state index in [-0.39, 0.29) is 11.3 Å². The topological polar surface area (TPSA) is 80.0 Å². The molecule has 3 fully saturated rings. The average molecular weight is 415 g/mol. The number of benzene rings is 2. The Morgan fingerprint density at radius 1 is 1.06 bits per heavy atom. The van der Waals surface area contributed by atoms with Crippen molar-refractivity contribution in [1.82, 2.24) is 20.8 Å². The highest BCUT2D eigenvalue weighted by atomic mass is 16.5. The molecule has 3 aliphatic carbocycles. The predicted molar refractivity (Wildman–Crippen MR) is 117 cm³/mol. The van der Waals surface area contributed by atoms with Gasteiger partial charge in [-0.05, 0) is 61.9 Å². The number of hydrogen-bond donors (Lipinski definition) is 2. The zero-order valence-corrected chi connectivity index (χ0v) is 17.4. The van der Waals surface area contributed by atoms with Crippen molar-refractivity contribution in [3.63, 3.8) is 0 Å². The maximum absolute atomic E-state index is 12.2. The van der Waals surface area contributed by atoms with E-state index in [0.717, 1.165) is 43.6 Å². The van der Waals surface area contributed by atoms with Crippen LogP contribution in [0.4, 0.5) is 0 Å². The molecule has 6 nitrogen and oxygen atoms in total. The summed E-state index contributed by atoms with van der Waals surface area (Å²) in [6.45, 7) is 0.889. The Hall–Kier alpha value is -2.99. The van der Waals surface area contributed by atoms with Crippen molar-refractivity contribution in [3.8, 4) is 11.5 Å². The summed E-state index contributed by atoms with van der Waals surface area (Å²) in [5.41, 5.74) is 2.92. The van der Waals surface area contributed by atoms with Gasteiger partial charge in [0.25, 0.3) is 11.8 Å². The van der Waals surface area contributed by atoms with Crippen molar-refractivity contribution in [3.05, 3.63) is 71.5 Å². The largest absolute Gasteiger partial charge is 0.349 e. The summed E-state index contributed by atoms with van der Waals surface area (Å²) in [6, 6.07) is 19.0. The van der Waals surface area contributed by atoms with Crippen LogP contribution in [0.3, 0.4) is 0 Å². The molecule has 31 heavy (non-hydrogen) atoms. The Morgan fingerprint density at radius 3 is 2.55 bits per heavy atom. The van der Waals surface area contributed by atoms with Crippen molar-refractivity contribution in [1.29, 1.82) is 0 Å². The van der Waals surface area contributed by atoms with E-state index in [1.54, 1.807) is 0 Å². The number of nitrogens with one attached hydrogen (secondary N) is 2. The first kappa shape index (κ1) is 18.8. The molecular formula is C25H26N4O2.